The van der Waals surface area contributed by atoms with Crippen LogP contribution in [0.15, 0.2) is 182 Å². The second kappa shape index (κ2) is 12.6. The van der Waals surface area contributed by atoms with E-state index in [1.165, 1.54) is 81.9 Å². The largest absolute Gasteiger partial charge is 0.310 e. The monoisotopic (exact) mass is 784 g/mol. The number of pyridine rings is 1. The minimum atomic E-state index is 0.0962. The molecule has 4 saturated carbocycles. The highest BCUT2D eigenvalue weighted by molar-refractivity contribution is 6.11. The van der Waals surface area contributed by atoms with Gasteiger partial charge >= 0.3 is 0 Å². The molecule has 4 fully saturated rings. The highest BCUT2D eigenvalue weighted by atomic mass is 15.2. The summed E-state index contributed by atoms with van der Waals surface area (Å²) in [7, 11) is 0. The summed E-state index contributed by atoms with van der Waals surface area (Å²) in [4.78, 5) is 7.51. The van der Waals surface area contributed by atoms with E-state index in [1.54, 1.807) is 11.1 Å². The number of fused-ring (bicyclic) bond motifs is 8. The van der Waals surface area contributed by atoms with Gasteiger partial charge in [-0.25, -0.2) is 4.98 Å². The second-order valence-electron chi connectivity index (χ2n) is 18.4. The molecule has 7 aromatic carbocycles. The average molecular weight is 785 g/mol. The van der Waals surface area contributed by atoms with Gasteiger partial charge in [0, 0.05) is 50.1 Å². The molecule has 10 aromatic rings. The number of aromatic nitrogens is 3. The molecular weight excluding hydrogens is 741 g/mol. The fourth-order valence-corrected chi connectivity index (χ4v) is 13.5. The third-order valence-corrected chi connectivity index (χ3v) is 15.5. The third kappa shape index (κ3) is 4.57. The van der Waals surface area contributed by atoms with Crippen LogP contribution in [0.5, 0.6) is 0 Å². The molecule has 4 nitrogen and oxygen atoms in total. The van der Waals surface area contributed by atoms with Gasteiger partial charge in [0.2, 0.25) is 0 Å². The Hall–Kier alpha value is -6.91. The Labute approximate surface area is 355 Å². The van der Waals surface area contributed by atoms with E-state index in [0.29, 0.717) is 0 Å². The third-order valence-electron chi connectivity index (χ3n) is 15.5. The summed E-state index contributed by atoms with van der Waals surface area (Å²) >= 11 is 0. The molecule has 4 bridgehead atoms. The van der Waals surface area contributed by atoms with Crippen molar-refractivity contribution in [2.45, 2.75) is 37.5 Å². The molecule has 15 rings (SSSR count). The topological polar surface area (TPSA) is 26.0 Å². The first-order valence-corrected chi connectivity index (χ1v) is 22.3. The molecule has 4 aliphatic carbocycles. The SMILES string of the molecule is c1cc(-c2ccccc2-n2c3ccccc3c3cccnc32)cc(-n2c3ccccc3c3cc(N4c5ccccc5C5(c6ccccc64)C4CC6CC(C4)CC5C6)ccc32)c1. The molecule has 1 aliphatic heterocycles. The molecular formula is C57H44N4. The van der Waals surface area contributed by atoms with Gasteiger partial charge in [-0.15, -0.1) is 0 Å². The molecule has 4 heterocycles. The van der Waals surface area contributed by atoms with E-state index in [1.807, 2.05) is 12.3 Å². The smallest absolute Gasteiger partial charge is 0.145 e. The molecule has 0 unspecified atom stereocenters. The van der Waals surface area contributed by atoms with Gasteiger partial charge in [0.15, 0.2) is 0 Å². The Morgan fingerprint density at radius 1 is 0.426 bits per heavy atom. The maximum atomic E-state index is 4.92. The Morgan fingerprint density at radius 3 is 1.75 bits per heavy atom. The van der Waals surface area contributed by atoms with E-state index in [2.05, 4.69) is 184 Å². The van der Waals surface area contributed by atoms with Crippen LogP contribution >= 0.6 is 0 Å². The minimum absolute atomic E-state index is 0.0962. The first kappa shape index (κ1) is 33.9. The van der Waals surface area contributed by atoms with Gasteiger partial charge in [-0.05, 0) is 145 Å². The van der Waals surface area contributed by atoms with Crippen LogP contribution in [0, 0.1) is 23.7 Å². The van der Waals surface area contributed by atoms with Crippen LogP contribution in [-0.4, -0.2) is 14.1 Å². The molecule has 0 saturated heterocycles. The van der Waals surface area contributed by atoms with Crippen molar-refractivity contribution >= 4 is 60.8 Å². The van der Waals surface area contributed by atoms with E-state index in [9.17, 15) is 0 Å². The zero-order chi connectivity index (χ0) is 39.8. The van der Waals surface area contributed by atoms with Gasteiger partial charge < -0.3 is 9.47 Å². The fraction of sp³-hybridized carbons (Fsp3) is 0.175. The Morgan fingerprint density at radius 2 is 1.02 bits per heavy atom. The Balaban J connectivity index is 0.929. The van der Waals surface area contributed by atoms with Gasteiger partial charge in [0.1, 0.15) is 5.65 Å². The van der Waals surface area contributed by atoms with Crippen LogP contribution in [0.2, 0.25) is 0 Å². The Bertz CT molecular complexity index is 3290. The highest BCUT2D eigenvalue weighted by Crippen LogP contribution is 2.69. The first-order valence-electron chi connectivity index (χ1n) is 22.3. The molecule has 5 aliphatic rings. The first-order chi connectivity index (χ1) is 30.2. The van der Waals surface area contributed by atoms with E-state index in [4.69, 9.17) is 4.98 Å². The van der Waals surface area contributed by atoms with Crippen molar-refractivity contribution in [2.24, 2.45) is 23.7 Å². The predicted molar refractivity (Wildman–Crippen MR) is 251 cm³/mol. The quantitative estimate of drug-likeness (QED) is 0.178. The number of anilines is 3. The summed E-state index contributed by atoms with van der Waals surface area (Å²) < 4.78 is 4.79. The van der Waals surface area contributed by atoms with Crippen molar-refractivity contribution in [3.8, 4) is 22.5 Å². The van der Waals surface area contributed by atoms with Gasteiger partial charge in [0.25, 0.3) is 0 Å². The van der Waals surface area contributed by atoms with Crippen LogP contribution in [0.25, 0.3) is 66.2 Å². The van der Waals surface area contributed by atoms with E-state index in [0.717, 1.165) is 57.2 Å². The van der Waals surface area contributed by atoms with Crippen molar-refractivity contribution in [3.63, 3.8) is 0 Å². The molecule has 0 atom stereocenters. The molecule has 292 valence electrons. The summed E-state index contributed by atoms with van der Waals surface area (Å²) in [5, 5.41) is 4.90. The van der Waals surface area contributed by atoms with Gasteiger partial charge in [-0.3, -0.25) is 4.57 Å². The Kier molecular flexibility index (Phi) is 6.97. The predicted octanol–water partition coefficient (Wildman–Crippen LogP) is 14.5. The lowest BCUT2D eigenvalue weighted by atomic mass is 9.41. The number of benzene rings is 7. The number of hydrogen-bond donors (Lipinski definition) is 0. The molecule has 61 heavy (non-hydrogen) atoms. The lowest BCUT2D eigenvalue weighted by Crippen LogP contribution is -2.57. The summed E-state index contributed by atoms with van der Waals surface area (Å²) in [5.74, 6) is 3.26. The van der Waals surface area contributed by atoms with Gasteiger partial charge in [0.05, 0.1) is 33.6 Å². The van der Waals surface area contributed by atoms with Gasteiger partial charge in [-0.2, -0.15) is 0 Å². The summed E-state index contributed by atoms with van der Waals surface area (Å²) in [5.41, 5.74) is 16.3. The van der Waals surface area contributed by atoms with Gasteiger partial charge in [-0.1, -0.05) is 103 Å². The van der Waals surface area contributed by atoms with Crippen LogP contribution in [0.4, 0.5) is 17.1 Å². The zero-order valence-electron chi connectivity index (χ0n) is 34.0. The summed E-state index contributed by atoms with van der Waals surface area (Å²) in [6.07, 6.45) is 8.88. The van der Waals surface area contributed by atoms with Crippen LogP contribution in [-0.2, 0) is 5.41 Å². The number of para-hydroxylation sites is 5. The normalized spacial score (nSPS) is 20.9. The number of rotatable bonds is 4. The van der Waals surface area contributed by atoms with Crippen LogP contribution in [0.3, 0.4) is 0 Å². The summed E-state index contributed by atoms with van der Waals surface area (Å²) in [6, 6.07) is 65.8. The summed E-state index contributed by atoms with van der Waals surface area (Å²) in [6.45, 7) is 0. The van der Waals surface area contributed by atoms with E-state index >= 15 is 0 Å². The van der Waals surface area contributed by atoms with Crippen molar-refractivity contribution in [2.75, 3.05) is 4.90 Å². The van der Waals surface area contributed by atoms with Crippen molar-refractivity contribution in [1.29, 1.82) is 0 Å². The fourth-order valence-electron chi connectivity index (χ4n) is 13.5. The molecule has 3 aromatic heterocycles. The van der Waals surface area contributed by atoms with Crippen molar-refractivity contribution < 1.29 is 0 Å². The van der Waals surface area contributed by atoms with Crippen molar-refractivity contribution in [1.82, 2.24) is 14.1 Å². The molecule has 4 heteroatoms. The molecule has 0 radical (unpaired) electrons. The molecule has 0 N–H and O–H groups in total. The molecule has 1 spiro atoms. The maximum Gasteiger partial charge on any atom is 0.145 e. The lowest BCUT2D eigenvalue weighted by Gasteiger charge is -2.64. The molecule has 0 amide bonds. The number of hydrogen-bond acceptors (Lipinski definition) is 2. The van der Waals surface area contributed by atoms with E-state index < -0.39 is 0 Å². The lowest BCUT2D eigenvalue weighted by molar-refractivity contribution is -0.0419. The van der Waals surface area contributed by atoms with E-state index in [-0.39, 0.29) is 5.41 Å². The average Bonchev–Trinajstić information content (AvgIpc) is 3.83. The standard InChI is InChI=1S/C57H44N4/c1-6-21-50(61-52-23-8-2-16-44(52)46-18-12-28-58-56(46)61)43(15-1)38-13-11-14-41(34-38)59-51-22-7-3-17-45(51)47-35-42(26-27-53(47)59)60-54-24-9-4-19-48(54)57(49-20-5-10-25-55(49)60)39-30-36-29-37(32-39)33-40(57)31-36/h1-28,34-37,39-40H,29-33H2. The minimum Gasteiger partial charge on any atom is -0.310 e. The number of nitrogens with zero attached hydrogens (tertiary/aromatic N) is 4. The maximum absolute atomic E-state index is 4.92. The highest BCUT2D eigenvalue weighted by Gasteiger charge is 2.61. The van der Waals surface area contributed by atoms with Crippen LogP contribution in [0.1, 0.15) is 43.2 Å². The second-order valence-corrected chi connectivity index (χ2v) is 18.4. The zero-order valence-corrected chi connectivity index (χ0v) is 34.0. The van der Waals surface area contributed by atoms with Crippen LogP contribution < -0.4 is 4.90 Å². The van der Waals surface area contributed by atoms with Crippen molar-refractivity contribution in [3.05, 3.63) is 193 Å².